The van der Waals surface area contributed by atoms with E-state index >= 15 is 0 Å². The number of aryl methyl sites for hydroxylation is 2. The third-order valence-electron chi connectivity index (χ3n) is 5.81. The van der Waals surface area contributed by atoms with Gasteiger partial charge in [-0.15, -0.1) is 11.3 Å². The number of primary amides is 1. The van der Waals surface area contributed by atoms with Crippen molar-refractivity contribution in [2.75, 3.05) is 20.1 Å². The van der Waals surface area contributed by atoms with E-state index in [4.69, 9.17) is 4.98 Å². The van der Waals surface area contributed by atoms with Crippen LogP contribution in [0.25, 0.3) is 32.0 Å². The van der Waals surface area contributed by atoms with Crippen LogP contribution < -0.4 is 5.32 Å². The topological polar surface area (TPSA) is 91.4 Å². The molecule has 1 aromatic carbocycles. The van der Waals surface area contributed by atoms with Gasteiger partial charge in [0, 0.05) is 36.3 Å². The molecule has 1 aliphatic heterocycles. The lowest BCUT2D eigenvalue weighted by molar-refractivity contribution is -0.590. The van der Waals surface area contributed by atoms with Gasteiger partial charge in [-0.25, -0.2) is 9.78 Å². The normalized spacial score (nSPS) is 16.9. The minimum absolute atomic E-state index is 0.0159. The summed E-state index contributed by atoms with van der Waals surface area (Å²) in [4.78, 5) is 25.5. The second kappa shape index (κ2) is 7.96. The van der Waals surface area contributed by atoms with E-state index in [0.29, 0.717) is 5.69 Å². The lowest BCUT2D eigenvalue weighted by Gasteiger charge is -2.07. The van der Waals surface area contributed by atoms with Gasteiger partial charge in [0.25, 0.3) is 0 Å². The van der Waals surface area contributed by atoms with Gasteiger partial charge >= 0.3 is 5.91 Å². The van der Waals surface area contributed by atoms with Crippen molar-refractivity contribution in [3.05, 3.63) is 53.5 Å². The molecule has 4 aromatic rings. The molecule has 1 atom stereocenters. The van der Waals surface area contributed by atoms with Crippen molar-refractivity contribution >= 4 is 28.1 Å². The van der Waals surface area contributed by atoms with Crippen LogP contribution in [0, 0.1) is 13.8 Å². The highest BCUT2D eigenvalue weighted by Gasteiger charge is 2.30. The minimum atomic E-state index is -0.0159. The zero-order valence-electron chi connectivity index (χ0n) is 17.8. The molecule has 0 spiro atoms. The van der Waals surface area contributed by atoms with Gasteiger partial charge in [-0.3, -0.25) is 15.4 Å². The van der Waals surface area contributed by atoms with Crippen molar-refractivity contribution in [1.82, 2.24) is 25.1 Å². The highest BCUT2D eigenvalue weighted by Crippen LogP contribution is 2.37. The predicted octanol–water partition coefficient (Wildman–Crippen LogP) is 2.77. The lowest BCUT2D eigenvalue weighted by atomic mass is 10.1. The summed E-state index contributed by atoms with van der Waals surface area (Å²) in [5.74, 6) is -0.0159. The highest BCUT2D eigenvalue weighted by molar-refractivity contribution is 7.18. The molecule has 4 heterocycles. The average Bonchev–Trinajstić information content (AvgIpc) is 3.46. The zero-order valence-corrected chi connectivity index (χ0v) is 18.7. The van der Waals surface area contributed by atoms with Crippen molar-refractivity contribution in [3.63, 3.8) is 0 Å². The number of fused-ring (bicyclic) bond motifs is 1. The molecule has 0 aliphatic carbocycles. The largest absolute Gasteiger partial charge is 0.362 e. The first-order valence-electron chi connectivity index (χ1n) is 10.4. The molecule has 1 saturated heterocycles. The molecule has 1 unspecified atom stereocenters. The minimum Gasteiger partial charge on any atom is -0.300 e. The Morgan fingerprint density at radius 1 is 1.32 bits per heavy atom. The number of H-pyrrole nitrogens is 1. The highest BCUT2D eigenvalue weighted by atomic mass is 32.1. The number of hydrogen-bond donors (Lipinski definition) is 2. The standard InChI is InChI=1S/C23H24N6OS/c1-13-9-14(2)18-17(10-13)19(28-27-18)23-26-20(21(31-23)15-5-4-7-24-11-15)22(30)25-16-6-8-29(3)12-16/h4-5,7,9-11,16H,6,8,12H2,1-3H3,(H,25,30)(H,27,28)/p+1. The first-order valence-corrected chi connectivity index (χ1v) is 11.3. The molecular formula is C23H25N6OS+. The molecule has 7 nitrogen and oxygen atoms in total. The van der Waals surface area contributed by atoms with Gasteiger partial charge in [0.2, 0.25) is 0 Å². The number of likely N-dealkylation sites (N-methyl/N-ethyl adjacent to an activating group) is 1. The Kier molecular flexibility index (Phi) is 5.13. The van der Waals surface area contributed by atoms with Crippen LogP contribution in [-0.4, -0.2) is 57.2 Å². The van der Waals surface area contributed by atoms with Crippen molar-refractivity contribution in [3.8, 4) is 21.1 Å². The predicted molar refractivity (Wildman–Crippen MR) is 122 cm³/mol. The van der Waals surface area contributed by atoms with Gasteiger partial charge < -0.3 is 4.90 Å². The summed E-state index contributed by atoms with van der Waals surface area (Å²) in [5.41, 5.74) is 5.49. The number of quaternary nitrogens is 1. The van der Waals surface area contributed by atoms with Crippen LogP contribution in [0.2, 0.25) is 0 Å². The quantitative estimate of drug-likeness (QED) is 0.516. The number of carbonyl (C=O) groups is 1. The third-order valence-corrected chi connectivity index (χ3v) is 6.93. The number of nitrogens with two attached hydrogens (primary N) is 1. The number of aromatic amines is 1. The molecule has 1 fully saturated rings. The number of hydrogen-bond acceptors (Lipinski definition) is 6. The fourth-order valence-corrected chi connectivity index (χ4v) is 5.39. The summed E-state index contributed by atoms with van der Waals surface area (Å²) in [6.45, 7) is 6.07. The van der Waals surface area contributed by atoms with Crippen LogP contribution in [0.5, 0.6) is 0 Å². The Hall–Kier alpha value is -2.94. The van der Waals surface area contributed by atoms with E-state index in [1.807, 2.05) is 17.4 Å². The Morgan fingerprint density at radius 2 is 2.19 bits per heavy atom. The number of nitrogens with one attached hydrogen (secondary N) is 1. The van der Waals surface area contributed by atoms with Crippen molar-refractivity contribution in [1.29, 1.82) is 0 Å². The molecule has 3 N–H and O–H groups in total. The van der Waals surface area contributed by atoms with E-state index in [1.54, 1.807) is 12.4 Å². The number of thiazole rings is 1. The maximum atomic E-state index is 13.3. The summed E-state index contributed by atoms with van der Waals surface area (Å²) in [6.07, 6.45) is 4.53. The molecule has 1 aliphatic rings. The van der Waals surface area contributed by atoms with Gasteiger partial charge in [-0.1, -0.05) is 17.7 Å². The molecule has 0 saturated carbocycles. The molecule has 158 valence electrons. The van der Waals surface area contributed by atoms with Crippen LogP contribution in [0.1, 0.15) is 28.0 Å². The van der Waals surface area contributed by atoms with E-state index in [0.717, 1.165) is 57.1 Å². The number of rotatable bonds is 4. The summed E-state index contributed by atoms with van der Waals surface area (Å²) in [7, 11) is 2.09. The molecule has 0 radical (unpaired) electrons. The fraction of sp³-hybridized carbons (Fsp3) is 0.304. The van der Waals surface area contributed by atoms with E-state index in [2.05, 4.69) is 53.1 Å². The molecule has 0 bridgehead atoms. The van der Waals surface area contributed by atoms with Crippen LogP contribution in [0.15, 0.2) is 36.7 Å². The third kappa shape index (κ3) is 3.78. The van der Waals surface area contributed by atoms with Gasteiger partial charge in [0.15, 0.2) is 5.69 Å². The molecule has 3 aromatic heterocycles. The van der Waals surface area contributed by atoms with Crippen LogP contribution in [-0.2, 0) is 0 Å². The maximum Gasteiger partial charge on any atom is 0.362 e. The van der Waals surface area contributed by atoms with Crippen molar-refractivity contribution in [2.45, 2.75) is 26.3 Å². The Balaban J connectivity index is 1.59. The molecule has 8 heteroatoms. The average molecular weight is 434 g/mol. The van der Waals surface area contributed by atoms with E-state index in [9.17, 15) is 4.79 Å². The summed E-state index contributed by atoms with van der Waals surface area (Å²) in [6, 6.07) is 8.37. The smallest absolute Gasteiger partial charge is 0.300 e. The molecular weight excluding hydrogens is 408 g/mol. The number of pyridine rings is 1. The first-order chi connectivity index (χ1) is 15.0. The Bertz CT molecular complexity index is 1260. The van der Waals surface area contributed by atoms with Gasteiger partial charge in [0.05, 0.1) is 16.9 Å². The van der Waals surface area contributed by atoms with Crippen LogP contribution >= 0.6 is 11.3 Å². The van der Waals surface area contributed by atoms with Gasteiger partial charge in [-0.05, 0) is 38.6 Å². The first kappa shape index (κ1) is 20.0. The second-order valence-corrected chi connectivity index (χ2v) is 9.36. The van der Waals surface area contributed by atoms with Gasteiger partial charge in [-0.2, -0.15) is 5.10 Å². The fourth-order valence-electron chi connectivity index (χ4n) is 4.32. The zero-order chi connectivity index (χ0) is 21.5. The monoisotopic (exact) mass is 433 g/mol. The SMILES string of the molecule is Cc1cc(C)c2n[nH]c(-c3nc(C(=O)[NH2+]C4CCN(C)C4)c(-c4cccnc4)s3)c2c1. The van der Waals surface area contributed by atoms with E-state index < -0.39 is 0 Å². The summed E-state index contributed by atoms with van der Waals surface area (Å²) >= 11 is 1.51. The number of benzene rings is 1. The van der Waals surface area contributed by atoms with Crippen LogP contribution in [0.4, 0.5) is 0 Å². The number of amides is 1. The summed E-state index contributed by atoms with van der Waals surface area (Å²) in [5, 5.41) is 11.3. The maximum absolute atomic E-state index is 13.3. The number of carbonyl (C=O) groups excluding carboxylic acids is 1. The van der Waals surface area contributed by atoms with Crippen molar-refractivity contribution < 1.29 is 10.1 Å². The van der Waals surface area contributed by atoms with Gasteiger partial charge in [0.1, 0.15) is 16.7 Å². The molecule has 5 rings (SSSR count). The van der Waals surface area contributed by atoms with E-state index in [1.165, 1.54) is 16.9 Å². The molecule has 31 heavy (non-hydrogen) atoms. The number of nitrogens with zero attached hydrogens (tertiary/aromatic N) is 4. The van der Waals surface area contributed by atoms with E-state index in [-0.39, 0.29) is 11.9 Å². The molecule has 1 amide bonds. The van der Waals surface area contributed by atoms with Crippen LogP contribution in [0.3, 0.4) is 0 Å². The lowest BCUT2D eigenvalue weighted by Crippen LogP contribution is -2.94. The summed E-state index contributed by atoms with van der Waals surface area (Å²) < 4.78 is 0. The van der Waals surface area contributed by atoms with Crippen molar-refractivity contribution in [2.24, 2.45) is 0 Å². The second-order valence-electron chi connectivity index (χ2n) is 8.36. The Labute approximate surface area is 184 Å². The number of aromatic nitrogens is 4. The number of likely N-dealkylation sites (tertiary alicyclic amines) is 1. The Morgan fingerprint density at radius 3 is 2.94 bits per heavy atom.